The van der Waals surface area contributed by atoms with Gasteiger partial charge in [0.2, 0.25) is 0 Å². The molecule has 0 aliphatic rings. The molecule has 30 heavy (non-hydrogen) atoms. The van der Waals surface area contributed by atoms with Gasteiger partial charge in [0.25, 0.3) is 11.8 Å². The van der Waals surface area contributed by atoms with Gasteiger partial charge in [-0.25, -0.2) is 0 Å². The summed E-state index contributed by atoms with van der Waals surface area (Å²) in [7, 11) is 4.60. The predicted molar refractivity (Wildman–Crippen MR) is 112 cm³/mol. The van der Waals surface area contributed by atoms with Crippen molar-refractivity contribution >= 4 is 11.8 Å². The number of amides is 2. The first-order chi connectivity index (χ1) is 14.4. The van der Waals surface area contributed by atoms with Crippen LogP contribution in [0.4, 0.5) is 0 Å². The Bertz CT molecular complexity index is 882. The molecule has 0 heterocycles. The van der Waals surface area contributed by atoms with Crippen molar-refractivity contribution in [3.63, 3.8) is 0 Å². The van der Waals surface area contributed by atoms with Crippen LogP contribution >= 0.6 is 0 Å². The third kappa shape index (κ3) is 6.30. The van der Waals surface area contributed by atoms with Crippen LogP contribution in [0.25, 0.3) is 0 Å². The summed E-state index contributed by atoms with van der Waals surface area (Å²) in [5, 5.41) is 5.59. The fourth-order valence-corrected chi connectivity index (χ4v) is 2.71. The summed E-state index contributed by atoms with van der Waals surface area (Å²) in [6.45, 7) is 3.91. The van der Waals surface area contributed by atoms with Crippen molar-refractivity contribution in [1.29, 1.82) is 0 Å². The second-order valence-corrected chi connectivity index (χ2v) is 6.75. The molecule has 0 atom stereocenters. The molecule has 0 aliphatic heterocycles. The molecule has 2 aromatic carbocycles. The van der Waals surface area contributed by atoms with Crippen molar-refractivity contribution in [2.24, 2.45) is 0 Å². The highest BCUT2D eigenvalue weighted by atomic mass is 16.5. The Balaban J connectivity index is 2.01. The van der Waals surface area contributed by atoms with Gasteiger partial charge < -0.3 is 29.6 Å². The highest BCUT2D eigenvalue weighted by Gasteiger charge is 2.13. The van der Waals surface area contributed by atoms with E-state index in [2.05, 4.69) is 10.6 Å². The highest BCUT2D eigenvalue weighted by molar-refractivity contribution is 5.94. The van der Waals surface area contributed by atoms with Crippen LogP contribution in [-0.2, 0) is 11.3 Å². The fraction of sp³-hybridized carbons (Fsp3) is 0.364. The minimum atomic E-state index is -0.271. The number of nitrogens with one attached hydrogen (secondary N) is 2. The van der Waals surface area contributed by atoms with Crippen LogP contribution in [-0.4, -0.2) is 45.8 Å². The maximum Gasteiger partial charge on any atom is 0.258 e. The molecule has 2 aromatic rings. The zero-order valence-corrected chi connectivity index (χ0v) is 17.9. The third-order valence-electron chi connectivity index (χ3n) is 4.14. The normalized spacial score (nSPS) is 10.3. The summed E-state index contributed by atoms with van der Waals surface area (Å²) in [4.78, 5) is 24.3. The molecule has 162 valence electrons. The summed E-state index contributed by atoms with van der Waals surface area (Å²) in [5.74, 6) is 1.46. The van der Waals surface area contributed by atoms with Crippen LogP contribution in [0.3, 0.4) is 0 Å². The van der Waals surface area contributed by atoms with Crippen molar-refractivity contribution in [3.8, 4) is 23.0 Å². The molecule has 0 saturated carbocycles. The molecule has 0 bridgehead atoms. The van der Waals surface area contributed by atoms with Crippen LogP contribution in [0.1, 0.15) is 29.8 Å². The van der Waals surface area contributed by atoms with Crippen LogP contribution in [0.5, 0.6) is 23.0 Å². The number of methoxy groups -OCH3 is 3. The second-order valence-electron chi connectivity index (χ2n) is 6.75. The molecular formula is C22H28N2O6. The van der Waals surface area contributed by atoms with Gasteiger partial charge in [-0.1, -0.05) is 6.07 Å². The zero-order valence-electron chi connectivity index (χ0n) is 17.9. The summed E-state index contributed by atoms with van der Waals surface area (Å²) in [6, 6.07) is 10.2. The van der Waals surface area contributed by atoms with Gasteiger partial charge in [-0.05, 0) is 49.7 Å². The van der Waals surface area contributed by atoms with Gasteiger partial charge in [-0.15, -0.1) is 0 Å². The molecular weight excluding hydrogens is 388 g/mol. The Hall–Kier alpha value is -3.42. The highest BCUT2D eigenvalue weighted by Crippen LogP contribution is 2.29. The molecule has 2 rings (SSSR count). The first-order valence-corrected chi connectivity index (χ1v) is 9.47. The van der Waals surface area contributed by atoms with Gasteiger partial charge in [-0.2, -0.15) is 0 Å². The Labute approximate surface area is 176 Å². The van der Waals surface area contributed by atoms with E-state index in [-0.39, 0.29) is 24.5 Å². The van der Waals surface area contributed by atoms with Crippen molar-refractivity contribution in [2.45, 2.75) is 26.4 Å². The number of hydrogen-bond donors (Lipinski definition) is 2. The lowest BCUT2D eigenvalue weighted by Gasteiger charge is -2.14. The molecule has 2 amide bonds. The lowest BCUT2D eigenvalue weighted by atomic mass is 10.1. The van der Waals surface area contributed by atoms with Crippen LogP contribution < -0.4 is 29.6 Å². The number of ether oxygens (including phenoxy) is 4. The summed E-state index contributed by atoms with van der Waals surface area (Å²) < 4.78 is 21.3. The van der Waals surface area contributed by atoms with Crippen LogP contribution in [0.2, 0.25) is 0 Å². The van der Waals surface area contributed by atoms with E-state index in [1.807, 2.05) is 19.9 Å². The lowest BCUT2D eigenvalue weighted by Crippen LogP contribution is -2.34. The van der Waals surface area contributed by atoms with Crippen molar-refractivity contribution in [2.75, 3.05) is 27.9 Å². The Morgan fingerprint density at radius 3 is 2.13 bits per heavy atom. The van der Waals surface area contributed by atoms with Gasteiger partial charge in [0.1, 0.15) is 0 Å². The number of rotatable bonds is 10. The number of benzene rings is 2. The van der Waals surface area contributed by atoms with Crippen molar-refractivity contribution in [3.05, 3.63) is 47.5 Å². The Morgan fingerprint density at radius 2 is 1.50 bits per heavy atom. The third-order valence-corrected chi connectivity index (χ3v) is 4.14. The summed E-state index contributed by atoms with van der Waals surface area (Å²) >= 11 is 0. The van der Waals surface area contributed by atoms with E-state index >= 15 is 0 Å². The number of hydrogen-bond acceptors (Lipinski definition) is 6. The minimum absolute atomic E-state index is 0.0275. The molecule has 0 unspecified atom stereocenters. The van der Waals surface area contributed by atoms with E-state index < -0.39 is 0 Å². The lowest BCUT2D eigenvalue weighted by molar-refractivity contribution is -0.123. The van der Waals surface area contributed by atoms with E-state index in [4.69, 9.17) is 18.9 Å². The van der Waals surface area contributed by atoms with Crippen molar-refractivity contribution in [1.82, 2.24) is 10.6 Å². The van der Waals surface area contributed by atoms with E-state index in [0.29, 0.717) is 35.1 Å². The first kappa shape index (κ1) is 22.9. The molecule has 0 spiro atoms. The zero-order chi connectivity index (χ0) is 22.1. The average molecular weight is 416 g/mol. The topological polar surface area (TPSA) is 95.1 Å². The monoisotopic (exact) mass is 416 g/mol. The van der Waals surface area contributed by atoms with Gasteiger partial charge >= 0.3 is 0 Å². The largest absolute Gasteiger partial charge is 0.493 e. The molecule has 0 aromatic heterocycles. The number of carbonyl (C=O) groups excluding carboxylic acids is 2. The van der Waals surface area contributed by atoms with Crippen LogP contribution in [0.15, 0.2) is 36.4 Å². The SMILES string of the molecule is COc1ccc(CNC(=O)c2ccc(OCC(=O)NC(C)C)c(OC)c2)cc1OC. The van der Waals surface area contributed by atoms with E-state index in [0.717, 1.165) is 5.56 Å². The molecule has 2 N–H and O–H groups in total. The Kier molecular flexibility index (Phi) is 8.34. The second kappa shape index (κ2) is 10.9. The molecule has 8 heteroatoms. The molecule has 0 fully saturated rings. The predicted octanol–water partition coefficient (Wildman–Crippen LogP) is 2.55. The maximum atomic E-state index is 12.5. The van der Waals surface area contributed by atoms with Gasteiger partial charge in [0.15, 0.2) is 29.6 Å². The Morgan fingerprint density at radius 1 is 0.867 bits per heavy atom. The quantitative estimate of drug-likeness (QED) is 0.618. The van der Waals surface area contributed by atoms with Gasteiger partial charge in [-0.3, -0.25) is 9.59 Å². The fourth-order valence-electron chi connectivity index (χ4n) is 2.71. The first-order valence-electron chi connectivity index (χ1n) is 9.47. The molecule has 8 nitrogen and oxygen atoms in total. The molecule has 0 radical (unpaired) electrons. The van der Waals surface area contributed by atoms with Gasteiger partial charge in [0, 0.05) is 18.2 Å². The molecule has 0 saturated heterocycles. The van der Waals surface area contributed by atoms with E-state index in [1.165, 1.54) is 7.11 Å². The van der Waals surface area contributed by atoms with Gasteiger partial charge in [0.05, 0.1) is 21.3 Å². The maximum absolute atomic E-state index is 12.5. The van der Waals surface area contributed by atoms with E-state index in [9.17, 15) is 9.59 Å². The minimum Gasteiger partial charge on any atom is -0.493 e. The summed E-state index contributed by atoms with van der Waals surface area (Å²) in [6.07, 6.45) is 0. The smallest absolute Gasteiger partial charge is 0.258 e. The van der Waals surface area contributed by atoms with E-state index in [1.54, 1.807) is 44.6 Å². The average Bonchev–Trinajstić information content (AvgIpc) is 2.75. The summed E-state index contributed by atoms with van der Waals surface area (Å²) in [5.41, 5.74) is 1.27. The number of carbonyl (C=O) groups is 2. The van der Waals surface area contributed by atoms with Crippen LogP contribution in [0, 0.1) is 0 Å². The van der Waals surface area contributed by atoms with Crippen molar-refractivity contribution < 1.29 is 28.5 Å². The molecule has 0 aliphatic carbocycles. The standard InChI is InChI=1S/C22H28N2O6/c1-14(2)24-21(25)13-30-18-9-7-16(11-20(18)29-5)22(26)23-12-15-6-8-17(27-3)19(10-15)28-4/h6-11,14H,12-13H2,1-5H3,(H,23,26)(H,24,25).